The molecule has 0 heterocycles. The molecule has 3 rings (SSSR count). The fourth-order valence-electron chi connectivity index (χ4n) is 3.55. The van der Waals surface area contributed by atoms with Gasteiger partial charge in [0.2, 0.25) is 10.0 Å². The van der Waals surface area contributed by atoms with Crippen molar-refractivity contribution in [3.05, 3.63) is 58.7 Å². The van der Waals surface area contributed by atoms with Crippen LogP contribution in [0.3, 0.4) is 0 Å². The van der Waals surface area contributed by atoms with Gasteiger partial charge in [0.15, 0.2) is 0 Å². The molecule has 0 amide bonds. The number of aryl methyl sites for hydroxylation is 3. The molecular weight excluding hydrogens is 346 g/mol. The Balaban J connectivity index is 1.95. The summed E-state index contributed by atoms with van der Waals surface area (Å²) in [6, 6.07) is 11.4. The Hall–Kier alpha value is -1.85. The van der Waals surface area contributed by atoms with Gasteiger partial charge in [-0.3, -0.25) is 0 Å². The molecule has 0 aliphatic heterocycles. The van der Waals surface area contributed by atoms with E-state index in [1.54, 1.807) is 6.07 Å². The number of benzene rings is 2. The predicted molar refractivity (Wildman–Crippen MR) is 104 cm³/mol. The van der Waals surface area contributed by atoms with E-state index in [1.165, 1.54) is 12.7 Å². The van der Waals surface area contributed by atoms with Gasteiger partial charge in [-0.1, -0.05) is 36.8 Å². The normalized spacial score (nSPS) is 15.3. The second-order valence-corrected chi connectivity index (χ2v) is 8.65. The van der Waals surface area contributed by atoms with Gasteiger partial charge in [-0.05, 0) is 67.9 Å². The molecule has 2 aromatic carbocycles. The number of methoxy groups -OCH3 is 1. The van der Waals surface area contributed by atoms with Gasteiger partial charge in [0.1, 0.15) is 10.6 Å². The highest BCUT2D eigenvalue weighted by molar-refractivity contribution is 7.89. The van der Waals surface area contributed by atoms with Crippen molar-refractivity contribution in [2.45, 2.75) is 56.9 Å². The predicted octanol–water partition coefficient (Wildman–Crippen LogP) is 4.31. The quantitative estimate of drug-likeness (QED) is 0.821. The van der Waals surface area contributed by atoms with Crippen LogP contribution < -0.4 is 9.46 Å². The molecule has 1 N–H and O–H groups in total. The Bertz CT molecular complexity index is 873. The zero-order chi connectivity index (χ0) is 18.7. The molecular formula is C21H27NO3S. The highest BCUT2D eigenvalue weighted by Crippen LogP contribution is 2.33. The Labute approximate surface area is 156 Å². The number of rotatable bonds is 6. The lowest BCUT2D eigenvalue weighted by molar-refractivity contribution is 0.400. The topological polar surface area (TPSA) is 55.4 Å². The molecule has 0 fully saturated rings. The molecule has 0 spiro atoms. The Kier molecular flexibility index (Phi) is 5.68. The van der Waals surface area contributed by atoms with E-state index < -0.39 is 10.0 Å². The van der Waals surface area contributed by atoms with E-state index in [2.05, 4.69) is 4.72 Å². The van der Waals surface area contributed by atoms with E-state index in [0.29, 0.717) is 12.2 Å². The first-order valence-electron chi connectivity index (χ1n) is 9.23. The van der Waals surface area contributed by atoms with Crippen molar-refractivity contribution in [1.82, 2.24) is 4.72 Å². The fourth-order valence-corrected chi connectivity index (χ4v) is 5.06. The molecule has 1 aliphatic rings. The molecule has 140 valence electrons. The number of fused-ring (bicyclic) bond motifs is 1. The van der Waals surface area contributed by atoms with Crippen LogP contribution in [0.4, 0.5) is 0 Å². The minimum Gasteiger partial charge on any atom is -0.495 e. The summed E-state index contributed by atoms with van der Waals surface area (Å²) >= 11 is 0. The second kappa shape index (κ2) is 7.80. The summed E-state index contributed by atoms with van der Waals surface area (Å²) < 4.78 is 34.5. The fraction of sp³-hybridized carbons (Fsp3) is 0.429. The molecule has 1 unspecified atom stereocenters. The Morgan fingerprint density at radius 1 is 1.08 bits per heavy atom. The smallest absolute Gasteiger partial charge is 0.244 e. The maximum absolute atomic E-state index is 13.1. The van der Waals surface area contributed by atoms with E-state index in [-0.39, 0.29) is 10.9 Å². The Morgan fingerprint density at radius 3 is 2.27 bits per heavy atom. The van der Waals surface area contributed by atoms with Gasteiger partial charge in [0, 0.05) is 6.04 Å². The van der Waals surface area contributed by atoms with Gasteiger partial charge in [0.05, 0.1) is 7.11 Å². The summed E-state index contributed by atoms with van der Waals surface area (Å²) in [5, 5.41) is 0. The number of sulfonamides is 1. The van der Waals surface area contributed by atoms with Crippen LogP contribution in [0.2, 0.25) is 0 Å². The number of hydrogen-bond acceptors (Lipinski definition) is 3. The average molecular weight is 374 g/mol. The molecule has 0 saturated carbocycles. The first-order valence-corrected chi connectivity index (χ1v) is 10.7. The first kappa shape index (κ1) is 18.9. The first-order chi connectivity index (χ1) is 12.4. The third-order valence-corrected chi connectivity index (χ3v) is 6.60. The van der Waals surface area contributed by atoms with E-state index >= 15 is 0 Å². The lowest BCUT2D eigenvalue weighted by atomic mass is 9.92. The van der Waals surface area contributed by atoms with Gasteiger partial charge in [-0.15, -0.1) is 0 Å². The molecule has 0 radical (unpaired) electrons. The number of ether oxygens (including phenoxy) is 1. The van der Waals surface area contributed by atoms with Gasteiger partial charge in [-0.25, -0.2) is 13.1 Å². The summed E-state index contributed by atoms with van der Waals surface area (Å²) in [5.74, 6) is 0.428. The molecule has 26 heavy (non-hydrogen) atoms. The van der Waals surface area contributed by atoms with Crippen LogP contribution in [0.1, 0.15) is 54.5 Å². The molecule has 1 atom stereocenters. The highest BCUT2D eigenvalue weighted by Gasteiger charge is 2.26. The van der Waals surface area contributed by atoms with Gasteiger partial charge in [-0.2, -0.15) is 0 Å². The van der Waals surface area contributed by atoms with Crippen molar-refractivity contribution in [3.63, 3.8) is 0 Å². The third-order valence-electron chi connectivity index (χ3n) is 5.10. The van der Waals surface area contributed by atoms with Crippen molar-refractivity contribution in [3.8, 4) is 5.75 Å². The maximum atomic E-state index is 13.1. The van der Waals surface area contributed by atoms with Crippen LogP contribution >= 0.6 is 0 Å². The number of hydrogen-bond donors (Lipinski definition) is 1. The second-order valence-electron chi connectivity index (χ2n) is 6.97. The van der Waals surface area contributed by atoms with Crippen LogP contribution in [0, 0.1) is 6.92 Å². The minimum absolute atomic E-state index is 0.242. The summed E-state index contributed by atoms with van der Waals surface area (Å²) in [4.78, 5) is 0.242. The zero-order valence-electron chi connectivity index (χ0n) is 15.7. The Morgan fingerprint density at radius 2 is 1.69 bits per heavy atom. The lowest BCUT2D eigenvalue weighted by Gasteiger charge is -2.22. The van der Waals surface area contributed by atoms with Crippen LogP contribution in [0.15, 0.2) is 41.3 Å². The summed E-state index contributed by atoms with van der Waals surface area (Å²) in [7, 11) is -2.15. The highest BCUT2D eigenvalue weighted by atomic mass is 32.2. The van der Waals surface area contributed by atoms with Crippen molar-refractivity contribution < 1.29 is 13.2 Å². The summed E-state index contributed by atoms with van der Waals surface area (Å²) in [6.45, 7) is 4.00. The molecule has 1 aliphatic carbocycles. The zero-order valence-corrected chi connectivity index (χ0v) is 16.5. The molecule has 0 saturated heterocycles. The van der Waals surface area contributed by atoms with Crippen molar-refractivity contribution in [2.24, 2.45) is 0 Å². The lowest BCUT2D eigenvalue weighted by Crippen LogP contribution is -2.29. The monoisotopic (exact) mass is 373 g/mol. The van der Waals surface area contributed by atoms with E-state index in [9.17, 15) is 8.42 Å². The van der Waals surface area contributed by atoms with Crippen LogP contribution in [0.25, 0.3) is 0 Å². The van der Waals surface area contributed by atoms with E-state index in [0.717, 1.165) is 42.4 Å². The molecule has 5 heteroatoms. The van der Waals surface area contributed by atoms with Gasteiger partial charge >= 0.3 is 0 Å². The van der Waals surface area contributed by atoms with Crippen LogP contribution in [-0.4, -0.2) is 15.5 Å². The molecule has 0 bridgehead atoms. The van der Waals surface area contributed by atoms with Crippen molar-refractivity contribution in [1.29, 1.82) is 0 Å². The van der Waals surface area contributed by atoms with E-state index in [4.69, 9.17) is 4.74 Å². The average Bonchev–Trinajstić information content (AvgIpc) is 2.65. The standard InChI is InChI=1S/C21H27NO3S/c1-4-19(16-11-9-15(2)10-12-16)22-26(23,24)21-14-18-8-6-5-7-17(18)13-20(21)25-3/h9-14,19,22H,4-8H2,1-3H3. The summed E-state index contributed by atoms with van der Waals surface area (Å²) in [6.07, 6.45) is 4.84. The molecule has 4 nitrogen and oxygen atoms in total. The molecule has 2 aromatic rings. The maximum Gasteiger partial charge on any atom is 0.244 e. The third kappa shape index (κ3) is 3.94. The summed E-state index contributed by atoms with van der Waals surface area (Å²) in [5.41, 5.74) is 4.46. The SMILES string of the molecule is CCC(NS(=O)(=O)c1cc2c(cc1OC)CCCC2)c1ccc(C)cc1. The van der Waals surface area contributed by atoms with Crippen molar-refractivity contribution >= 4 is 10.0 Å². The van der Waals surface area contributed by atoms with Crippen LogP contribution in [0.5, 0.6) is 5.75 Å². The minimum atomic E-state index is -3.68. The number of nitrogens with one attached hydrogen (secondary N) is 1. The van der Waals surface area contributed by atoms with E-state index in [1.807, 2.05) is 44.2 Å². The largest absolute Gasteiger partial charge is 0.495 e. The molecule has 0 aromatic heterocycles. The van der Waals surface area contributed by atoms with Crippen molar-refractivity contribution in [2.75, 3.05) is 7.11 Å². The van der Waals surface area contributed by atoms with Crippen LogP contribution in [-0.2, 0) is 22.9 Å². The van der Waals surface area contributed by atoms with Gasteiger partial charge in [0.25, 0.3) is 0 Å². The van der Waals surface area contributed by atoms with Gasteiger partial charge < -0.3 is 4.74 Å².